The molecule has 2 rings (SSSR count). The molecule has 1 unspecified atom stereocenters. The van der Waals surface area contributed by atoms with E-state index in [-0.39, 0.29) is 17.4 Å². The maximum absolute atomic E-state index is 11.9. The average molecular weight is 288 g/mol. The largest absolute Gasteiger partial charge is 0.326 e. The topological polar surface area (TPSA) is 63.2 Å². The minimum atomic E-state index is -3.02. The quantitative estimate of drug-likeness (QED) is 0.862. The zero-order valence-corrected chi connectivity index (χ0v) is 11.3. The van der Waals surface area contributed by atoms with Crippen molar-refractivity contribution in [3.8, 4) is 0 Å². The van der Waals surface area contributed by atoms with Crippen LogP contribution in [0.3, 0.4) is 0 Å². The van der Waals surface area contributed by atoms with Crippen LogP contribution in [0.25, 0.3) is 0 Å². The third-order valence-electron chi connectivity index (χ3n) is 2.98. The van der Waals surface area contributed by atoms with Crippen LogP contribution in [0.5, 0.6) is 0 Å². The molecular formula is C12H14ClNO3S. The fourth-order valence-electron chi connectivity index (χ4n) is 1.92. The molecule has 0 radical (unpaired) electrons. The molecule has 1 atom stereocenters. The van der Waals surface area contributed by atoms with Crippen LogP contribution in [0.1, 0.15) is 12.0 Å². The Bertz CT molecular complexity index is 539. The first-order valence-electron chi connectivity index (χ1n) is 5.66. The van der Waals surface area contributed by atoms with Crippen LogP contribution in [-0.2, 0) is 20.5 Å². The van der Waals surface area contributed by atoms with Gasteiger partial charge in [0.1, 0.15) is 0 Å². The standard InChI is InChI=1S/C12H14ClNO3S/c13-7-9-1-3-11(4-2-9)14-12(15)10-5-6-18(16,17)8-10/h1-4,10H,5-8H2,(H,14,15). The van der Waals surface area contributed by atoms with Crippen LogP contribution >= 0.6 is 11.6 Å². The summed E-state index contributed by atoms with van der Waals surface area (Å²) in [4.78, 5) is 11.9. The number of anilines is 1. The van der Waals surface area contributed by atoms with E-state index in [2.05, 4.69) is 5.32 Å². The molecule has 1 amide bonds. The van der Waals surface area contributed by atoms with Gasteiger partial charge in [-0.2, -0.15) is 0 Å². The highest BCUT2D eigenvalue weighted by Gasteiger charge is 2.32. The summed E-state index contributed by atoms with van der Waals surface area (Å²) in [5.74, 6) is -0.165. The maximum Gasteiger partial charge on any atom is 0.228 e. The lowest BCUT2D eigenvalue weighted by Gasteiger charge is -2.09. The van der Waals surface area contributed by atoms with E-state index in [0.29, 0.717) is 18.0 Å². The smallest absolute Gasteiger partial charge is 0.228 e. The van der Waals surface area contributed by atoms with Crippen molar-refractivity contribution in [1.82, 2.24) is 0 Å². The van der Waals surface area contributed by atoms with Gasteiger partial charge in [0, 0.05) is 11.6 Å². The first kappa shape index (κ1) is 13.4. The van der Waals surface area contributed by atoms with Crippen molar-refractivity contribution in [3.05, 3.63) is 29.8 Å². The summed E-state index contributed by atoms with van der Waals surface area (Å²) in [6, 6.07) is 7.18. The number of amides is 1. The van der Waals surface area contributed by atoms with Crippen LogP contribution in [-0.4, -0.2) is 25.8 Å². The van der Waals surface area contributed by atoms with Crippen molar-refractivity contribution in [3.63, 3.8) is 0 Å². The fraction of sp³-hybridized carbons (Fsp3) is 0.417. The molecule has 0 bridgehead atoms. The van der Waals surface area contributed by atoms with E-state index in [1.165, 1.54) is 0 Å². The van der Waals surface area contributed by atoms with E-state index in [0.717, 1.165) is 5.56 Å². The molecule has 1 saturated heterocycles. The number of halogens is 1. The van der Waals surface area contributed by atoms with Gasteiger partial charge in [-0.25, -0.2) is 8.42 Å². The molecule has 0 saturated carbocycles. The molecule has 1 aromatic carbocycles. The van der Waals surface area contributed by atoms with E-state index in [1.807, 2.05) is 12.1 Å². The number of alkyl halides is 1. The second-order valence-electron chi connectivity index (χ2n) is 4.42. The summed E-state index contributed by atoms with van der Waals surface area (Å²) < 4.78 is 22.6. The van der Waals surface area contributed by atoms with Crippen LogP contribution in [0.15, 0.2) is 24.3 Å². The van der Waals surface area contributed by atoms with Crippen molar-refractivity contribution in [1.29, 1.82) is 0 Å². The van der Waals surface area contributed by atoms with Crippen molar-refractivity contribution >= 4 is 33.0 Å². The lowest BCUT2D eigenvalue weighted by atomic mass is 10.1. The van der Waals surface area contributed by atoms with E-state index in [4.69, 9.17) is 11.6 Å². The van der Waals surface area contributed by atoms with Crippen molar-refractivity contribution in [2.75, 3.05) is 16.8 Å². The van der Waals surface area contributed by atoms with E-state index >= 15 is 0 Å². The Labute approximate surface area is 111 Å². The Morgan fingerprint density at radius 2 is 2.00 bits per heavy atom. The third-order valence-corrected chi connectivity index (χ3v) is 5.06. The molecule has 18 heavy (non-hydrogen) atoms. The molecule has 1 heterocycles. The number of nitrogens with one attached hydrogen (secondary N) is 1. The minimum absolute atomic E-state index is 0.0431. The molecule has 1 aliphatic heterocycles. The predicted octanol–water partition coefficient (Wildman–Crippen LogP) is 1.80. The first-order chi connectivity index (χ1) is 8.50. The summed E-state index contributed by atoms with van der Waals surface area (Å²) in [5, 5.41) is 2.73. The molecule has 0 spiro atoms. The first-order valence-corrected chi connectivity index (χ1v) is 8.02. The Morgan fingerprint density at radius 3 is 2.50 bits per heavy atom. The summed E-state index contributed by atoms with van der Waals surface area (Å²) in [5.41, 5.74) is 1.64. The maximum atomic E-state index is 11.9. The lowest BCUT2D eigenvalue weighted by Crippen LogP contribution is -2.23. The zero-order valence-electron chi connectivity index (χ0n) is 9.73. The number of sulfone groups is 1. The normalized spacial score (nSPS) is 21.7. The Morgan fingerprint density at radius 1 is 1.33 bits per heavy atom. The second kappa shape index (κ2) is 5.28. The van der Waals surface area contributed by atoms with Gasteiger partial charge in [-0.15, -0.1) is 11.6 Å². The van der Waals surface area contributed by atoms with Gasteiger partial charge in [-0.05, 0) is 24.1 Å². The van der Waals surface area contributed by atoms with Gasteiger partial charge >= 0.3 is 0 Å². The molecule has 1 N–H and O–H groups in total. The number of hydrogen-bond donors (Lipinski definition) is 1. The molecule has 6 heteroatoms. The molecule has 1 fully saturated rings. The van der Waals surface area contributed by atoms with Gasteiger partial charge in [0.25, 0.3) is 0 Å². The summed E-state index contributed by atoms with van der Waals surface area (Å²) in [6.07, 6.45) is 0.411. The van der Waals surface area contributed by atoms with E-state index in [9.17, 15) is 13.2 Å². The lowest BCUT2D eigenvalue weighted by molar-refractivity contribution is -0.119. The van der Waals surface area contributed by atoms with Crippen LogP contribution < -0.4 is 5.32 Å². The average Bonchev–Trinajstić information content (AvgIpc) is 2.71. The number of hydrogen-bond acceptors (Lipinski definition) is 3. The third kappa shape index (κ3) is 3.23. The minimum Gasteiger partial charge on any atom is -0.326 e. The summed E-state index contributed by atoms with van der Waals surface area (Å²) >= 11 is 5.67. The van der Waals surface area contributed by atoms with E-state index < -0.39 is 15.8 Å². The fourth-order valence-corrected chi connectivity index (χ4v) is 3.84. The van der Waals surface area contributed by atoms with Crippen LogP contribution in [0.4, 0.5) is 5.69 Å². The second-order valence-corrected chi connectivity index (χ2v) is 6.92. The Hall–Kier alpha value is -1.07. The SMILES string of the molecule is O=C(Nc1ccc(CCl)cc1)C1CCS(=O)(=O)C1. The number of carbonyl (C=O) groups excluding carboxylic acids is 1. The molecule has 1 aliphatic rings. The number of benzene rings is 1. The predicted molar refractivity (Wildman–Crippen MR) is 71.4 cm³/mol. The van der Waals surface area contributed by atoms with Gasteiger partial charge in [0.15, 0.2) is 9.84 Å². The highest BCUT2D eigenvalue weighted by atomic mass is 35.5. The van der Waals surface area contributed by atoms with Crippen LogP contribution in [0.2, 0.25) is 0 Å². The van der Waals surface area contributed by atoms with Crippen molar-refractivity contribution < 1.29 is 13.2 Å². The highest BCUT2D eigenvalue weighted by molar-refractivity contribution is 7.91. The van der Waals surface area contributed by atoms with Gasteiger partial charge in [0.2, 0.25) is 5.91 Å². The molecule has 98 valence electrons. The number of rotatable bonds is 3. The molecule has 1 aromatic rings. The van der Waals surface area contributed by atoms with Gasteiger partial charge < -0.3 is 5.32 Å². The number of carbonyl (C=O) groups is 1. The monoisotopic (exact) mass is 287 g/mol. The Balaban J connectivity index is 1.99. The molecular weight excluding hydrogens is 274 g/mol. The molecule has 0 aliphatic carbocycles. The zero-order chi connectivity index (χ0) is 13.2. The van der Waals surface area contributed by atoms with Gasteiger partial charge in [0.05, 0.1) is 17.4 Å². The summed E-state index contributed by atoms with van der Waals surface area (Å²) in [6.45, 7) is 0. The summed E-state index contributed by atoms with van der Waals surface area (Å²) in [7, 11) is -3.02. The molecule has 4 nitrogen and oxygen atoms in total. The van der Waals surface area contributed by atoms with Crippen molar-refractivity contribution in [2.24, 2.45) is 5.92 Å². The Kier molecular flexibility index (Phi) is 3.92. The van der Waals surface area contributed by atoms with Gasteiger partial charge in [-0.3, -0.25) is 4.79 Å². The molecule has 0 aromatic heterocycles. The van der Waals surface area contributed by atoms with Gasteiger partial charge in [-0.1, -0.05) is 12.1 Å². The van der Waals surface area contributed by atoms with Crippen LogP contribution in [0, 0.1) is 5.92 Å². The van der Waals surface area contributed by atoms with E-state index in [1.54, 1.807) is 12.1 Å². The van der Waals surface area contributed by atoms with Crippen molar-refractivity contribution in [2.45, 2.75) is 12.3 Å². The highest BCUT2D eigenvalue weighted by Crippen LogP contribution is 2.20.